The Kier molecular flexibility index (Phi) is 4.83. The number of hydrogen-bond acceptors (Lipinski definition) is 3. The highest BCUT2D eigenvalue weighted by atomic mass is 79.9. The van der Waals surface area contributed by atoms with Gasteiger partial charge in [-0.15, -0.1) is 0 Å². The minimum absolute atomic E-state index is 0.0438. The molecule has 0 saturated carbocycles. The lowest BCUT2D eigenvalue weighted by molar-refractivity contribution is 0.345. The van der Waals surface area contributed by atoms with E-state index in [1.165, 1.54) is 0 Å². The molecule has 3 nitrogen and oxygen atoms in total. The normalized spacial score (nSPS) is 21.3. The van der Waals surface area contributed by atoms with E-state index in [9.17, 15) is 5.11 Å². The van der Waals surface area contributed by atoms with Crippen molar-refractivity contribution in [1.82, 2.24) is 5.32 Å². The van der Waals surface area contributed by atoms with Gasteiger partial charge in [0, 0.05) is 28.2 Å². The molecule has 2 N–H and O–H groups in total. The molecule has 0 spiro atoms. The second-order valence-corrected chi connectivity index (χ2v) is 7.17. The number of nitrogens with one attached hydrogen (secondary N) is 1. The van der Waals surface area contributed by atoms with Crippen molar-refractivity contribution in [2.75, 3.05) is 0 Å². The van der Waals surface area contributed by atoms with E-state index in [1.807, 2.05) is 30.3 Å². The van der Waals surface area contributed by atoms with Crippen molar-refractivity contribution in [2.24, 2.45) is 10.9 Å². The van der Waals surface area contributed by atoms with Gasteiger partial charge < -0.3 is 5.11 Å². The van der Waals surface area contributed by atoms with Crippen LogP contribution in [-0.2, 0) is 0 Å². The molecule has 120 valence electrons. The minimum atomic E-state index is 0.0438. The summed E-state index contributed by atoms with van der Waals surface area (Å²) >= 11 is 3.53. The van der Waals surface area contributed by atoms with E-state index in [1.54, 1.807) is 6.07 Å². The quantitative estimate of drug-likeness (QED) is 0.822. The van der Waals surface area contributed by atoms with Crippen LogP contribution in [0.4, 0.5) is 0 Å². The molecule has 0 fully saturated rings. The van der Waals surface area contributed by atoms with Crippen LogP contribution in [0.1, 0.15) is 37.4 Å². The second-order valence-electron chi connectivity index (χ2n) is 6.26. The van der Waals surface area contributed by atoms with Crippen molar-refractivity contribution in [1.29, 1.82) is 0 Å². The highest BCUT2D eigenvalue weighted by Gasteiger charge is 2.28. The standard InChI is InChI=1S/C19H21BrN2O/c1-12(2)19-21-16(13-6-5-7-14(20)10-13)11-17(22-19)15-8-3-4-9-18(15)23/h3-10,12,17,19,22-23H,11H2,1-2H3/t17-,19-/m1/s1. The molecule has 2 atom stereocenters. The SMILES string of the molecule is CC(C)[C@@H]1N=C(c2cccc(Br)c2)C[C@H](c2ccccc2O)N1. The Morgan fingerprint density at radius 2 is 1.96 bits per heavy atom. The average Bonchev–Trinajstić information content (AvgIpc) is 2.55. The molecule has 0 saturated heterocycles. The van der Waals surface area contributed by atoms with Gasteiger partial charge in [-0.1, -0.05) is 60.1 Å². The largest absolute Gasteiger partial charge is 0.508 e. The highest BCUT2D eigenvalue weighted by molar-refractivity contribution is 9.10. The van der Waals surface area contributed by atoms with Crippen LogP contribution in [0.25, 0.3) is 0 Å². The molecule has 4 heteroatoms. The third-order valence-electron chi connectivity index (χ3n) is 4.17. The lowest BCUT2D eigenvalue weighted by atomic mass is 9.93. The van der Waals surface area contributed by atoms with Crippen molar-refractivity contribution < 1.29 is 5.11 Å². The number of phenols is 1. The van der Waals surface area contributed by atoms with E-state index in [4.69, 9.17) is 4.99 Å². The van der Waals surface area contributed by atoms with Gasteiger partial charge in [-0.05, 0) is 29.7 Å². The van der Waals surface area contributed by atoms with Gasteiger partial charge >= 0.3 is 0 Å². The van der Waals surface area contributed by atoms with Crippen molar-refractivity contribution in [3.05, 3.63) is 64.1 Å². The number of phenolic OH excluding ortho intramolecular Hbond substituents is 1. The fraction of sp³-hybridized carbons (Fsp3) is 0.316. The molecule has 1 aliphatic rings. The Morgan fingerprint density at radius 3 is 2.65 bits per heavy atom. The zero-order chi connectivity index (χ0) is 16.4. The Hall–Kier alpha value is -1.65. The summed E-state index contributed by atoms with van der Waals surface area (Å²) in [7, 11) is 0. The summed E-state index contributed by atoms with van der Waals surface area (Å²) in [6.07, 6.45) is 0.805. The van der Waals surface area contributed by atoms with E-state index in [2.05, 4.69) is 47.2 Å². The van der Waals surface area contributed by atoms with Crippen molar-refractivity contribution >= 4 is 21.6 Å². The van der Waals surface area contributed by atoms with Gasteiger partial charge in [0.05, 0.1) is 0 Å². The topological polar surface area (TPSA) is 44.6 Å². The zero-order valence-corrected chi connectivity index (χ0v) is 14.9. The van der Waals surface area contributed by atoms with E-state index < -0.39 is 0 Å². The van der Waals surface area contributed by atoms with E-state index in [0.29, 0.717) is 11.7 Å². The summed E-state index contributed by atoms with van der Waals surface area (Å²) in [4.78, 5) is 4.90. The van der Waals surface area contributed by atoms with Gasteiger partial charge in [0.15, 0.2) is 0 Å². The average molecular weight is 373 g/mol. The van der Waals surface area contributed by atoms with Gasteiger partial charge in [0.2, 0.25) is 0 Å². The van der Waals surface area contributed by atoms with Crippen LogP contribution in [-0.4, -0.2) is 17.0 Å². The molecule has 0 amide bonds. The fourth-order valence-corrected chi connectivity index (χ4v) is 3.30. The van der Waals surface area contributed by atoms with Crippen LogP contribution in [0.15, 0.2) is 58.0 Å². The van der Waals surface area contributed by atoms with Crippen LogP contribution in [0.2, 0.25) is 0 Å². The Labute approximate surface area is 145 Å². The molecular formula is C19H21BrN2O. The monoisotopic (exact) mass is 372 g/mol. The molecule has 0 bridgehead atoms. The summed E-state index contributed by atoms with van der Waals surface area (Å²) in [5.41, 5.74) is 3.14. The number of benzene rings is 2. The number of hydrogen-bond donors (Lipinski definition) is 2. The van der Waals surface area contributed by atoms with E-state index in [0.717, 1.165) is 27.7 Å². The van der Waals surface area contributed by atoms with Gasteiger partial charge in [0.1, 0.15) is 11.9 Å². The Balaban J connectivity index is 1.98. The smallest absolute Gasteiger partial charge is 0.120 e. The molecule has 2 aromatic carbocycles. The highest BCUT2D eigenvalue weighted by Crippen LogP contribution is 2.32. The van der Waals surface area contributed by atoms with Crippen LogP contribution < -0.4 is 5.32 Å². The van der Waals surface area contributed by atoms with Gasteiger partial charge in [0.25, 0.3) is 0 Å². The molecule has 0 radical (unpaired) electrons. The van der Waals surface area contributed by atoms with Crippen LogP contribution >= 0.6 is 15.9 Å². The number of para-hydroxylation sites is 1. The molecule has 0 aromatic heterocycles. The van der Waals surface area contributed by atoms with Crippen LogP contribution in [0.3, 0.4) is 0 Å². The first-order valence-corrected chi connectivity index (χ1v) is 8.70. The number of rotatable bonds is 3. The van der Waals surface area contributed by atoms with Crippen LogP contribution in [0.5, 0.6) is 5.75 Å². The summed E-state index contributed by atoms with van der Waals surface area (Å²) in [5, 5.41) is 13.8. The molecule has 1 aliphatic heterocycles. The first-order valence-electron chi connectivity index (χ1n) is 7.91. The molecular weight excluding hydrogens is 352 g/mol. The summed E-state index contributed by atoms with van der Waals surface area (Å²) < 4.78 is 1.05. The first kappa shape index (κ1) is 16.2. The molecule has 0 unspecified atom stereocenters. The zero-order valence-electron chi connectivity index (χ0n) is 13.3. The third-order valence-corrected chi connectivity index (χ3v) is 4.66. The van der Waals surface area contributed by atoms with Crippen molar-refractivity contribution in [2.45, 2.75) is 32.5 Å². The molecule has 2 aromatic rings. The Bertz CT molecular complexity index is 727. The minimum Gasteiger partial charge on any atom is -0.508 e. The fourth-order valence-electron chi connectivity index (χ4n) is 2.90. The first-order chi connectivity index (χ1) is 11.0. The van der Waals surface area contributed by atoms with Crippen molar-refractivity contribution in [3.63, 3.8) is 0 Å². The number of nitrogens with zero attached hydrogens (tertiary/aromatic N) is 1. The summed E-state index contributed by atoms with van der Waals surface area (Å²) in [6.45, 7) is 4.32. The lowest BCUT2D eigenvalue weighted by Crippen LogP contribution is -2.41. The molecule has 3 rings (SSSR count). The maximum Gasteiger partial charge on any atom is 0.120 e. The molecule has 1 heterocycles. The number of aliphatic imine (C=N–C) groups is 1. The maximum absolute atomic E-state index is 10.2. The molecule has 23 heavy (non-hydrogen) atoms. The van der Waals surface area contributed by atoms with Gasteiger partial charge in [-0.2, -0.15) is 0 Å². The van der Waals surface area contributed by atoms with Crippen LogP contribution in [0, 0.1) is 5.92 Å². The predicted octanol–water partition coefficient (Wildman–Crippen LogP) is 4.66. The maximum atomic E-state index is 10.2. The lowest BCUT2D eigenvalue weighted by Gasteiger charge is -2.32. The van der Waals surface area contributed by atoms with Crippen molar-refractivity contribution in [3.8, 4) is 5.75 Å². The third kappa shape index (κ3) is 3.65. The van der Waals surface area contributed by atoms with Gasteiger partial charge in [-0.25, -0.2) is 0 Å². The van der Waals surface area contributed by atoms with E-state index >= 15 is 0 Å². The second kappa shape index (κ2) is 6.85. The summed E-state index contributed by atoms with van der Waals surface area (Å²) in [5.74, 6) is 0.716. The summed E-state index contributed by atoms with van der Waals surface area (Å²) in [6, 6.07) is 15.8. The molecule has 0 aliphatic carbocycles. The Morgan fingerprint density at radius 1 is 1.17 bits per heavy atom. The van der Waals surface area contributed by atoms with E-state index in [-0.39, 0.29) is 12.2 Å². The number of aromatic hydroxyl groups is 1. The number of halogens is 1. The predicted molar refractivity (Wildman–Crippen MR) is 97.9 cm³/mol. The van der Waals surface area contributed by atoms with Gasteiger partial charge in [-0.3, -0.25) is 10.3 Å².